The lowest BCUT2D eigenvalue weighted by Crippen LogP contribution is -2.54. The van der Waals surface area contributed by atoms with Gasteiger partial charge in [-0.2, -0.15) is 0 Å². The molecule has 21 heavy (non-hydrogen) atoms. The molecule has 0 aliphatic carbocycles. The SMILES string of the molecule is CCCC(=O)N1CCCCC1C(=O)N(CCC)CC(=O)O. The highest BCUT2D eigenvalue weighted by molar-refractivity contribution is 5.89. The number of aliphatic carboxylic acids is 1. The number of amides is 2. The van der Waals surface area contributed by atoms with Crippen molar-refractivity contribution in [2.24, 2.45) is 0 Å². The highest BCUT2D eigenvalue weighted by Crippen LogP contribution is 2.20. The summed E-state index contributed by atoms with van der Waals surface area (Å²) < 4.78 is 0. The second-order valence-corrected chi connectivity index (χ2v) is 5.50. The summed E-state index contributed by atoms with van der Waals surface area (Å²) in [6.45, 7) is 4.56. The van der Waals surface area contributed by atoms with Gasteiger partial charge in [0.15, 0.2) is 0 Å². The van der Waals surface area contributed by atoms with E-state index in [-0.39, 0.29) is 18.4 Å². The van der Waals surface area contributed by atoms with Gasteiger partial charge >= 0.3 is 5.97 Å². The van der Waals surface area contributed by atoms with Crippen LogP contribution in [0.4, 0.5) is 0 Å². The van der Waals surface area contributed by atoms with Gasteiger partial charge in [-0.1, -0.05) is 13.8 Å². The van der Waals surface area contributed by atoms with Crippen LogP contribution in [0.15, 0.2) is 0 Å². The summed E-state index contributed by atoms with van der Waals surface area (Å²) >= 11 is 0. The Morgan fingerprint density at radius 2 is 1.90 bits per heavy atom. The van der Waals surface area contributed by atoms with E-state index < -0.39 is 12.0 Å². The van der Waals surface area contributed by atoms with Gasteiger partial charge < -0.3 is 14.9 Å². The number of hydrogen-bond donors (Lipinski definition) is 1. The number of rotatable bonds is 7. The molecule has 0 spiro atoms. The zero-order valence-electron chi connectivity index (χ0n) is 13.0. The van der Waals surface area contributed by atoms with Crippen LogP contribution in [0.3, 0.4) is 0 Å². The standard InChI is InChI=1S/C15H26N2O4/c1-3-7-13(18)17-10-6-5-8-12(17)15(21)16(9-4-2)11-14(19)20/h12H,3-11H2,1-2H3,(H,19,20). The van der Waals surface area contributed by atoms with Crippen molar-refractivity contribution in [2.45, 2.75) is 58.4 Å². The molecule has 1 heterocycles. The Bertz CT molecular complexity index is 384. The first-order valence-corrected chi connectivity index (χ1v) is 7.81. The van der Waals surface area contributed by atoms with Crippen LogP contribution in [0.5, 0.6) is 0 Å². The zero-order valence-corrected chi connectivity index (χ0v) is 13.0. The first kappa shape index (κ1) is 17.5. The molecule has 0 radical (unpaired) electrons. The average Bonchev–Trinajstić information content (AvgIpc) is 2.46. The third-order valence-corrected chi connectivity index (χ3v) is 3.70. The van der Waals surface area contributed by atoms with Crippen molar-refractivity contribution in [1.82, 2.24) is 9.80 Å². The molecular weight excluding hydrogens is 272 g/mol. The molecular formula is C15H26N2O4. The first-order chi connectivity index (χ1) is 10.0. The number of hydrogen-bond acceptors (Lipinski definition) is 3. The highest BCUT2D eigenvalue weighted by Gasteiger charge is 2.34. The van der Waals surface area contributed by atoms with Crippen molar-refractivity contribution in [3.05, 3.63) is 0 Å². The molecule has 120 valence electrons. The summed E-state index contributed by atoms with van der Waals surface area (Å²) in [6, 6.07) is -0.483. The van der Waals surface area contributed by atoms with Crippen molar-refractivity contribution in [3.63, 3.8) is 0 Å². The lowest BCUT2D eigenvalue weighted by atomic mass is 10.00. The molecule has 1 unspecified atom stereocenters. The molecule has 6 heteroatoms. The fraction of sp³-hybridized carbons (Fsp3) is 0.800. The van der Waals surface area contributed by atoms with E-state index in [0.717, 1.165) is 19.3 Å². The van der Waals surface area contributed by atoms with Gasteiger partial charge in [0.1, 0.15) is 12.6 Å². The van der Waals surface area contributed by atoms with Crippen LogP contribution >= 0.6 is 0 Å². The van der Waals surface area contributed by atoms with Gasteiger partial charge in [0, 0.05) is 19.5 Å². The fourth-order valence-corrected chi connectivity index (χ4v) is 2.76. The summed E-state index contributed by atoms with van der Waals surface area (Å²) in [5, 5.41) is 8.94. The number of nitrogens with zero attached hydrogens (tertiary/aromatic N) is 2. The van der Waals surface area contributed by atoms with E-state index in [2.05, 4.69) is 0 Å². The minimum atomic E-state index is -1.01. The Balaban J connectivity index is 2.82. The molecule has 0 aromatic carbocycles. The Morgan fingerprint density at radius 1 is 1.19 bits per heavy atom. The van der Waals surface area contributed by atoms with Crippen LogP contribution in [-0.2, 0) is 14.4 Å². The maximum Gasteiger partial charge on any atom is 0.323 e. The minimum Gasteiger partial charge on any atom is -0.480 e. The van der Waals surface area contributed by atoms with Gasteiger partial charge in [0.05, 0.1) is 0 Å². The third-order valence-electron chi connectivity index (χ3n) is 3.70. The lowest BCUT2D eigenvalue weighted by molar-refractivity contribution is -0.151. The minimum absolute atomic E-state index is 0.00215. The van der Waals surface area contributed by atoms with E-state index in [9.17, 15) is 14.4 Å². The van der Waals surface area contributed by atoms with Crippen molar-refractivity contribution in [1.29, 1.82) is 0 Å². The zero-order chi connectivity index (χ0) is 15.8. The second kappa shape index (κ2) is 8.64. The van der Waals surface area contributed by atoms with E-state index in [4.69, 9.17) is 5.11 Å². The summed E-state index contributed by atoms with van der Waals surface area (Å²) in [4.78, 5) is 38.7. The largest absolute Gasteiger partial charge is 0.480 e. The van der Waals surface area contributed by atoms with Crippen molar-refractivity contribution in [3.8, 4) is 0 Å². The molecule has 0 aromatic rings. The smallest absolute Gasteiger partial charge is 0.323 e. The Kier molecular flexibility index (Phi) is 7.19. The second-order valence-electron chi connectivity index (χ2n) is 5.50. The summed E-state index contributed by atoms with van der Waals surface area (Å²) in [5.41, 5.74) is 0. The van der Waals surface area contributed by atoms with Crippen LogP contribution in [-0.4, -0.2) is 58.4 Å². The van der Waals surface area contributed by atoms with E-state index in [0.29, 0.717) is 32.4 Å². The number of piperidine rings is 1. The maximum absolute atomic E-state index is 12.6. The van der Waals surface area contributed by atoms with Crippen LogP contribution in [0, 0.1) is 0 Å². The number of carbonyl (C=O) groups is 3. The Hall–Kier alpha value is -1.59. The first-order valence-electron chi connectivity index (χ1n) is 7.81. The van der Waals surface area contributed by atoms with Gasteiger partial charge in [-0.15, -0.1) is 0 Å². The summed E-state index contributed by atoms with van der Waals surface area (Å²) in [7, 11) is 0. The Labute approximate surface area is 126 Å². The fourth-order valence-electron chi connectivity index (χ4n) is 2.76. The highest BCUT2D eigenvalue weighted by atomic mass is 16.4. The molecule has 6 nitrogen and oxygen atoms in total. The molecule has 2 amide bonds. The van der Waals surface area contributed by atoms with Crippen molar-refractivity contribution in [2.75, 3.05) is 19.6 Å². The molecule has 0 aromatic heterocycles. The van der Waals surface area contributed by atoms with Gasteiger partial charge in [-0.25, -0.2) is 0 Å². The van der Waals surface area contributed by atoms with E-state index in [1.54, 1.807) is 4.90 Å². The molecule has 1 aliphatic heterocycles. The van der Waals surface area contributed by atoms with E-state index in [1.165, 1.54) is 4.90 Å². The van der Waals surface area contributed by atoms with Crippen LogP contribution in [0.1, 0.15) is 52.4 Å². The van der Waals surface area contributed by atoms with E-state index >= 15 is 0 Å². The molecule has 0 saturated carbocycles. The molecule has 1 rings (SSSR count). The monoisotopic (exact) mass is 298 g/mol. The Morgan fingerprint density at radius 3 is 2.48 bits per heavy atom. The average molecular weight is 298 g/mol. The molecule has 1 N–H and O–H groups in total. The van der Waals surface area contributed by atoms with Gasteiger partial charge in [0.25, 0.3) is 0 Å². The number of carboxylic acid groups (broad SMARTS) is 1. The summed E-state index contributed by atoms with van der Waals surface area (Å²) in [5.74, 6) is -1.23. The molecule has 0 bridgehead atoms. The number of likely N-dealkylation sites (tertiary alicyclic amines) is 1. The van der Waals surface area contributed by atoms with Gasteiger partial charge in [-0.3, -0.25) is 14.4 Å². The maximum atomic E-state index is 12.6. The summed E-state index contributed by atoms with van der Waals surface area (Å²) in [6.07, 6.45) is 4.34. The van der Waals surface area contributed by atoms with Crippen molar-refractivity contribution < 1.29 is 19.5 Å². The number of carbonyl (C=O) groups excluding carboxylic acids is 2. The number of carboxylic acids is 1. The third kappa shape index (κ3) is 5.02. The molecule has 1 saturated heterocycles. The quantitative estimate of drug-likeness (QED) is 0.772. The van der Waals surface area contributed by atoms with Gasteiger partial charge in [0.2, 0.25) is 11.8 Å². The molecule has 1 atom stereocenters. The van der Waals surface area contributed by atoms with Crippen LogP contribution < -0.4 is 0 Å². The molecule has 1 aliphatic rings. The normalized spacial score (nSPS) is 18.4. The van der Waals surface area contributed by atoms with Crippen LogP contribution in [0.25, 0.3) is 0 Å². The lowest BCUT2D eigenvalue weighted by Gasteiger charge is -2.37. The van der Waals surface area contributed by atoms with Crippen LogP contribution in [0.2, 0.25) is 0 Å². The molecule has 1 fully saturated rings. The van der Waals surface area contributed by atoms with Gasteiger partial charge in [-0.05, 0) is 32.1 Å². The van der Waals surface area contributed by atoms with E-state index in [1.807, 2.05) is 13.8 Å². The predicted octanol–water partition coefficient (Wildman–Crippen LogP) is 1.49. The van der Waals surface area contributed by atoms with Crippen molar-refractivity contribution >= 4 is 17.8 Å². The topological polar surface area (TPSA) is 77.9 Å². The predicted molar refractivity (Wildman–Crippen MR) is 78.8 cm³/mol.